The molecule has 0 saturated heterocycles. The number of benzene rings is 1. The summed E-state index contributed by atoms with van der Waals surface area (Å²) in [6.45, 7) is 15.5. The van der Waals surface area contributed by atoms with E-state index in [0.717, 1.165) is 12.1 Å². The SMILES string of the molecule is CCCC[PH](CCCC)(CCCC)C(CC)C(=O)Nc1c(C)cc(C)cc1C. The van der Waals surface area contributed by atoms with Crippen molar-refractivity contribution < 1.29 is 4.79 Å². The Kier molecular flexibility index (Phi) is 11.4. The van der Waals surface area contributed by atoms with Crippen molar-refractivity contribution in [3.8, 4) is 0 Å². The van der Waals surface area contributed by atoms with Crippen LogP contribution in [0.15, 0.2) is 12.1 Å². The maximum atomic E-state index is 13.6. The second kappa shape index (κ2) is 12.6. The first kappa shape index (κ1) is 25.2. The van der Waals surface area contributed by atoms with Crippen LogP contribution in [0.3, 0.4) is 0 Å². The van der Waals surface area contributed by atoms with Crippen LogP contribution in [0.25, 0.3) is 0 Å². The van der Waals surface area contributed by atoms with Crippen LogP contribution in [0.5, 0.6) is 0 Å². The molecule has 0 aliphatic rings. The first-order valence-corrected chi connectivity index (χ1v) is 14.4. The zero-order valence-corrected chi connectivity index (χ0v) is 20.7. The average Bonchev–Trinajstić information content (AvgIpc) is 2.65. The van der Waals surface area contributed by atoms with Crippen molar-refractivity contribution in [2.45, 2.75) is 99.1 Å². The predicted molar refractivity (Wildman–Crippen MR) is 131 cm³/mol. The Morgan fingerprint density at radius 1 is 0.857 bits per heavy atom. The van der Waals surface area contributed by atoms with E-state index in [2.05, 4.69) is 65.9 Å². The Morgan fingerprint density at radius 2 is 1.29 bits per heavy atom. The molecule has 2 nitrogen and oxygen atoms in total. The number of carbonyl (C=O) groups excluding carboxylic acids is 1. The second-order valence-electron chi connectivity index (χ2n) is 8.90. The third-order valence-corrected chi connectivity index (χ3v) is 12.7. The van der Waals surface area contributed by atoms with Crippen molar-refractivity contribution in [2.75, 3.05) is 23.8 Å². The van der Waals surface area contributed by atoms with Crippen LogP contribution in [-0.2, 0) is 4.79 Å². The molecule has 162 valence electrons. The van der Waals surface area contributed by atoms with Gasteiger partial charge in [0, 0.05) is 0 Å². The van der Waals surface area contributed by atoms with Gasteiger partial charge in [-0.05, 0) is 0 Å². The molecule has 0 aliphatic carbocycles. The molecule has 0 fully saturated rings. The summed E-state index contributed by atoms with van der Waals surface area (Å²) in [4.78, 5) is 13.6. The van der Waals surface area contributed by atoms with Gasteiger partial charge in [0.1, 0.15) is 0 Å². The zero-order valence-electron chi connectivity index (χ0n) is 19.7. The van der Waals surface area contributed by atoms with Gasteiger partial charge in [-0.1, -0.05) is 0 Å². The molecule has 1 N–H and O–H groups in total. The maximum absolute atomic E-state index is 13.6. The monoisotopic (exact) mass is 407 g/mol. The fourth-order valence-corrected chi connectivity index (χ4v) is 11.4. The Bertz CT molecular complexity index is 566. The molecule has 0 saturated carbocycles. The molecule has 0 aromatic heterocycles. The van der Waals surface area contributed by atoms with Crippen molar-refractivity contribution in [3.05, 3.63) is 28.8 Å². The van der Waals surface area contributed by atoms with E-state index in [4.69, 9.17) is 0 Å². The van der Waals surface area contributed by atoms with Crippen LogP contribution < -0.4 is 5.32 Å². The van der Waals surface area contributed by atoms with E-state index >= 15 is 0 Å². The van der Waals surface area contributed by atoms with Crippen molar-refractivity contribution in [1.82, 2.24) is 0 Å². The number of amides is 1. The van der Waals surface area contributed by atoms with Gasteiger partial charge in [-0.2, -0.15) is 0 Å². The van der Waals surface area contributed by atoms with Crippen LogP contribution in [0, 0.1) is 20.8 Å². The summed E-state index contributed by atoms with van der Waals surface area (Å²) >= 11 is 0. The van der Waals surface area contributed by atoms with Gasteiger partial charge < -0.3 is 0 Å². The number of aryl methyl sites for hydroxylation is 3. The molecule has 1 unspecified atom stereocenters. The van der Waals surface area contributed by atoms with E-state index < -0.39 is 7.26 Å². The van der Waals surface area contributed by atoms with Gasteiger partial charge in [0.05, 0.1) is 0 Å². The van der Waals surface area contributed by atoms with E-state index in [0.29, 0.717) is 5.91 Å². The molecular formula is C25H46NOP. The van der Waals surface area contributed by atoms with E-state index in [1.54, 1.807) is 0 Å². The van der Waals surface area contributed by atoms with Crippen LogP contribution >= 0.6 is 7.26 Å². The predicted octanol–water partition coefficient (Wildman–Crippen LogP) is 7.48. The van der Waals surface area contributed by atoms with Gasteiger partial charge in [-0.15, -0.1) is 0 Å². The topological polar surface area (TPSA) is 29.1 Å². The number of anilines is 1. The van der Waals surface area contributed by atoms with Crippen molar-refractivity contribution in [2.24, 2.45) is 0 Å². The zero-order chi connectivity index (χ0) is 21.2. The molecule has 1 amide bonds. The fraction of sp³-hybridized carbons (Fsp3) is 0.720. The first-order chi connectivity index (χ1) is 13.3. The standard InChI is InChI=1S/C25H46NOP/c1-8-12-15-28(16-13-9-2,17-14-10-3)23(11-4)25(27)26-24-21(6)18-20(5)19-22(24)7/h18-19,23,28H,8-17H2,1-7H3,(H,26,27). The second-order valence-corrected chi connectivity index (χ2v) is 13.8. The molecule has 0 aliphatic heterocycles. The van der Waals surface area contributed by atoms with Gasteiger partial charge in [0.25, 0.3) is 0 Å². The van der Waals surface area contributed by atoms with Crippen LogP contribution in [0.1, 0.15) is 89.3 Å². The summed E-state index contributed by atoms with van der Waals surface area (Å²) < 4.78 is 0. The minimum atomic E-state index is -1.66. The summed E-state index contributed by atoms with van der Waals surface area (Å²) in [7, 11) is -1.66. The summed E-state index contributed by atoms with van der Waals surface area (Å²) in [6.07, 6.45) is 12.5. The van der Waals surface area contributed by atoms with Gasteiger partial charge in [0.2, 0.25) is 0 Å². The van der Waals surface area contributed by atoms with Gasteiger partial charge in [-0.25, -0.2) is 0 Å². The molecule has 1 rings (SSSR count). The molecule has 0 bridgehead atoms. The van der Waals surface area contributed by atoms with Crippen LogP contribution in [0.4, 0.5) is 5.69 Å². The van der Waals surface area contributed by atoms with E-state index in [-0.39, 0.29) is 5.66 Å². The number of unbranched alkanes of at least 4 members (excludes halogenated alkanes) is 3. The average molecular weight is 408 g/mol. The fourth-order valence-electron chi connectivity index (χ4n) is 4.97. The number of hydrogen-bond donors (Lipinski definition) is 1. The van der Waals surface area contributed by atoms with Gasteiger partial charge in [0.15, 0.2) is 0 Å². The molecule has 1 atom stereocenters. The number of hydrogen-bond acceptors (Lipinski definition) is 1. The van der Waals surface area contributed by atoms with Crippen molar-refractivity contribution >= 4 is 18.9 Å². The molecular weight excluding hydrogens is 361 g/mol. The van der Waals surface area contributed by atoms with Crippen LogP contribution in [-0.4, -0.2) is 30.1 Å². The van der Waals surface area contributed by atoms with Gasteiger partial charge >= 0.3 is 175 Å². The third kappa shape index (κ3) is 6.87. The summed E-state index contributed by atoms with van der Waals surface area (Å²) in [5.74, 6) is 0.299. The normalized spacial score (nSPS) is 13.4. The third-order valence-electron chi connectivity index (χ3n) is 6.47. The Balaban J connectivity index is 3.20. The Labute approximate surface area is 175 Å². The summed E-state index contributed by atoms with van der Waals surface area (Å²) in [5.41, 5.74) is 4.90. The summed E-state index contributed by atoms with van der Waals surface area (Å²) in [6, 6.07) is 4.36. The van der Waals surface area contributed by atoms with E-state index in [9.17, 15) is 4.79 Å². The molecule has 1 aromatic rings. The quantitative estimate of drug-likeness (QED) is 0.337. The molecule has 0 radical (unpaired) electrons. The molecule has 28 heavy (non-hydrogen) atoms. The Hall–Kier alpha value is -0.880. The molecule has 1 aromatic carbocycles. The minimum absolute atomic E-state index is 0.234. The number of nitrogens with one attached hydrogen (secondary N) is 1. The van der Waals surface area contributed by atoms with E-state index in [1.807, 2.05) is 0 Å². The van der Waals surface area contributed by atoms with E-state index in [1.165, 1.54) is 73.7 Å². The number of rotatable bonds is 13. The Morgan fingerprint density at radius 3 is 1.64 bits per heavy atom. The van der Waals surface area contributed by atoms with Crippen molar-refractivity contribution in [1.29, 1.82) is 0 Å². The van der Waals surface area contributed by atoms with Crippen molar-refractivity contribution in [3.63, 3.8) is 0 Å². The first-order valence-electron chi connectivity index (χ1n) is 11.7. The van der Waals surface area contributed by atoms with Gasteiger partial charge in [-0.3, -0.25) is 0 Å². The molecule has 0 spiro atoms. The summed E-state index contributed by atoms with van der Waals surface area (Å²) in [5, 5.41) is 3.39. The van der Waals surface area contributed by atoms with Crippen LogP contribution in [0.2, 0.25) is 0 Å². The number of carbonyl (C=O) groups is 1. The molecule has 3 heteroatoms. The molecule has 0 heterocycles.